The smallest absolute Gasteiger partial charge is 0.318 e. The molecule has 0 spiro atoms. The van der Waals surface area contributed by atoms with Crippen molar-refractivity contribution >= 4 is 11.9 Å². The van der Waals surface area contributed by atoms with Gasteiger partial charge >= 0.3 is 6.03 Å². The highest BCUT2D eigenvalue weighted by Crippen LogP contribution is 2.17. The van der Waals surface area contributed by atoms with Gasteiger partial charge in [0.05, 0.1) is 13.7 Å². The van der Waals surface area contributed by atoms with Crippen LogP contribution >= 0.6 is 0 Å². The van der Waals surface area contributed by atoms with Crippen LogP contribution in [0.3, 0.4) is 0 Å². The number of amides is 3. The average molecular weight is 505 g/mol. The van der Waals surface area contributed by atoms with Crippen molar-refractivity contribution in [3.63, 3.8) is 0 Å². The van der Waals surface area contributed by atoms with E-state index in [9.17, 15) is 9.59 Å². The number of hydrogen-bond acceptors (Lipinski definition) is 3. The molecule has 3 rings (SSSR count). The fraction of sp³-hybridized carbons (Fsp3) is 0.400. The van der Waals surface area contributed by atoms with Crippen molar-refractivity contribution in [3.05, 3.63) is 89.7 Å². The van der Waals surface area contributed by atoms with E-state index in [1.165, 1.54) is 0 Å². The number of hydrogen-bond donors (Lipinski definition) is 1. The molecule has 1 aromatic heterocycles. The first-order valence-electron chi connectivity index (χ1n) is 13.0. The minimum atomic E-state index is -0.196. The Morgan fingerprint density at radius 3 is 2.43 bits per heavy atom. The molecule has 0 aliphatic heterocycles. The topological polar surface area (TPSA) is 66.8 Å². The summed E-state index contributed by atoms with van der Waals surface area (Å²) < 4.78 is 7.52. The number of rotatable bonds is 13. The fourth-order valence-electron chi connectivity index (χ4n) is 4.15. The lowest BCUT2D eigenvalue weighted by Crippen LogP contribution is -2.49. The predicted octanol–water partition coefficient (Wildman–Crippen LogP) is 5.29. The van der Waals surface area contributed by atoms with Crippen molar-refractivity contribution in [3.8, 4) is 5.75 Å². The van der Waals surface area contributed by atoms with Gasteiger partial charge in [-0.25, -0.2) is 4.79 Å². The monoisotopic (exact) mass is 504 g/mol. The van der Waals surface area contributed by atoms with E-state index < -0.39 is 0 Å². The van der Waals surface area contributed by atoms with Gasteiger partial charge < -0.3 is 24.4 Å². The third kappa shape index (κ3) is 8.41. The van der Waals surface area contributed by atoms with Gasteiger partial charge in [-0.3, -0.25) is 4.79 Å². The molecule has 3 aromatic rings. The number of carbonyl (C=O) groups excluding carboxylic acids is 2. The molecule has 0 aliphatic rings. The number of unbranched alkanes of at least 4 members (excludes halogenated alkanes) is 1. The molecule has 0 bridgehead atoms. The molecule has 0 atom stereocenters. The Bertz CT molecular complexity index is 1130. The molecule has 0 aliphatic carbocycles. The van der Waals surface area contributed by atoms with Crippen LogP contribution in [-0.4, -0.2) is 52.5 Å². The van der Waals surface area contributed by atoms with Crippen molar-refractivity contribution in [2.24, 2.45) is 0 Å². The summed E-state index contributed by atoms with van der Waals surface area (Å²) in [5.74, 6) is 0.732. The number of benzene rings is 2. The quantitative estimate of drug-likeness (QED) is 0.322. The van der Waals surface area contributed by atoms with Crippen LogP contribution in [0.25, 0.3) is 0 Å². The zero-order valence-electron chi connectivity index (χ0n) is 22.5. The second-order valence-corrected chi connectivity index (χ2v) is 9.52. The van der Waals surface area contributed by atoms with Crippen molar-refractivity contribution in [1.82, 2.24) is 19.7 Å². The Labute approximate surface area is 221 Å². The molecule has 0 saturated heterocycles. The maximum absolute atomic E-state index is 13.7. The van der Waals surface area contributed by atoms with Gasteiger partial charge in [-0.1, -0.05) is 55.8 Å². The summed E-state index contributed by atoms with van der Waals surface area (Å²) in [7, 11) is 1.66. The van der Waals surface area contributed by atoms with Crippen molar-refractivity contribution < 1.29 is 14.3 Å². The third-order valence-electron chi connectivity index (χ3n) is 6.33. The highest BCUT2D eigenvalue weighted by molar-refractivity contribution is 5.84. The van der Waals surface area contributed by atoms with Crippen LogP contribution in [0.1, 0.15) is 50.4 Å². The fourth-order valence-corrected chi connectivity index (χ4v) is 4.15. The number of urea groups is 1. The predicted molar refractivity (Wildman–Crippen MR) is 147 cm³/mol. The Kier molecular flexibility index (Phi) is 10.6. The van der Waals surface area contributed by atoms with Gasteiger partial charge in [-0.15, -0.1) is 0 Å². The number of nitrogens with zero attached hydrogens (tertiary/aromatic N) is 3. The van der Waals surface area contributed by atoms with Crippen molar-refractivity contribution in [2.75, 3.05) is 20.2 Å². The van der Waals surface area contributed by atoms with E-state index in [-0.39, 0.29) is 24.5 Å². The lowest BCUT2D eigenvalue weighted by Gasteiger charge is -2.30. The lowest BCUT2D eigenvalue weighted by atomic mass is 10.2. The molecular weight excluding hydrogens is 464 g/mol. The number of carbonyl (C=O) groups is 2. The molecule has 3 amide bonds. The largest absolute Gasteiger partial charge is 0.497 e. The molecule has 198 valence electrons. The molecule has 1 N–H and O–H groups in total. The normalized spacial score (nSPS) is 10.8. The Balaban J connectivity index is 1.79. The first kappa shape index (κ1) is 27.8. The van der Waals surface area contributed by atoms with Crippen LogP contribution in [0.15, 0.2) is 72.9 Å². The number of nitrogens with one attached hydrogen (secondary N) is 1. The highest BCUT2D eigenvalue weighted by Gasteiger charge is 2.24. The van der Waals surface area contributed by atoms with Gasteiger partial charge in [0.1, 0.15) is 12.3 Å². The summed E-state index contributed by atoms with van der Waals surface area (Å²) in [5.41, 5.74) is 3.19. The average Bonchev–Trinajstić information content (AvgIpc) is 3.33. The maximum atomic E-state index is 13.7. The van der Waals surface area contributed by atoms with Crippen molar-refractivity contribution in [2.45, 2.75) is 59.3 Å². The first-order chi connectivity index (χ1) is 17.9. The zero-order chi connectivity index (χ0) is 26.6. The molecule has 7 nitrogen and oxygen atoms in total. The molecule has 0 radical (unpaired) electrons. The lowest BCUT2D eigenvalue weighted by molar-refractivity contribution is -0.133. The summed E-state index contributed by atoms with van der Waals surface area (Å²) in [6, 6.07) is 21.7. The summed E-state index contributed by atoms with van der Waals surface area (Å²) in [4.78, 5) is 29.9. The molecule has 0 unspecified atom stereocenters. The summed E-state index contributed by atoms with van der Waals surface area (Å²) in [6.07, 6.45) is 3.94. The van der Waals surface area contributed by atoms with E-state index in [0.717, 1.165) is 35.4 Å². The Morgan fingerprint density at radius 2 is 1.73 bits per heavy atom. The maximum Gasteiger partial charge on any atom is 0.318 e. The van der Waals surface area contributed by atoms with Crippen molar-refractivity contribution in [1.29, 1.82) is 0 Å². The minimum Gasteiger partial charge on any atom is -0.497 e. The number of ether oxygens (including phenoxy) is 1. The van der Waals surface area contributed by atoms with E-state index >= 15 is 0 Å². The first-order valence-corrected chi connectivity index (χ1v) is 13.0. The summed E-state index contributed by atoms with van der Waals surface area (Å²) >= 11 is 0. The Morgan fingerprint density at radius 1 is 0.973 bits per heavy atom. The van der Waals surface area contributed by atoms with Gasteiger partial charge in [-0.2, -0.15) is 0 Å². The molecule has 1 heterocycles. The van der Waals surface area contributed by atoms with Crippen LogP contribution in [0.4, 0.5) is 4.79 Å². The van der Waals surface area contributed by atoms with Crippen LogP contribution in [0, 0.1) is 0 Å². The molecular formula is C30H40N4O3. The van der Waals surface area contributed by atoms with Gasteiger partial charge in [0, 0.05) is 37.6 Å². The SMILES string of the molecule is CCCCNC(=O)N(CC(=O)N(Cc1ccccc1)Cc1cccn1Cc1cccc(OC)c1)C(C)C. The van der Waals surface area contributed by atoms with Crippen LogP contribution in [0.2, 0.25) is 0 Å². The third-order valence-corrected chi connectivity index (χ3v) is 6.33. The number of aromatic nitrogens is 1. The number of methoxy groups -OCH3 is 1. The second-order valence-electron chi connectivity index (χ2n) is 9.52. The van der Waals surface area contributed by atoms with Gasteiger partial charge in [0.15, 0.2) is 0 Å². The van der Waals surface area contributed by atoms with Crippen LogP contribution < -0.4 is 10.1 Å². The van der Waals surface area contributed by atoms with E-state index in [2.05, 4.69) is 22.9 Å². The summed E-state index contributed by atoms with van der Waals surface area (Å²) in [6.45, 7) is 8.17. The molecule has 37 heavy (non-hydrogen) atoms. The zero-order valence-corrected chi connectivity index (χ0v) is 22.5. The molecule has 7 heteroatoms. The van der Waals surface area contributed by atoms with E-state index in [0.29, 0.717) is 26.2 Å². The van der Waals surface area contributed by atoms with Crippen LogP contribution in [0.5, 0.6) is 5.75 Å². The molecule has 0 fully saturated rings. The van der Waals surface area contributed by atoms with Gasteiger partial charge in [0.2, 0.25) is 5.91 Å². The van der Waals surface area contributed by atoms with Gasteiger partial charge in [-0.05, 0) is 55.7 Å². The molecule has 2 aromatic carbocycles. The standard InChI is InChI=1S/C30H40N4O3/c1-5-6-17-31-30(36)34(24(2)3)23-29(35)33(20-25-12-8-7-9-13-25)22-27-15-11-18-32(27)21-26-14-10-16-28(19-26)37-4/h7-16,18-19,24H,5-6,17,20-23H2,1-4H3,(H,31,36). The van der Waals surface area contributed by atoms with Gasteiger partial charge in [0.25, 0.3) is 0 Å². The minimum absolute atomic E-state index is 0.0268. The summed E-state index contributed by atoms with van der Waals surface area (Å²) in [5, 5.41) is 2.95. The second kappa shape index (κ2) is 14.1. The van der Waals surface area contributed by atoms with E-state index in [1.807, 2.05) is 85.6 Å². The van der Waals surface area contributed by atoms with Crippen LogP contribution in [-0.2, 0) is 24.4 Å². The molecule has 0 saturated carbocycles. The van der Waals surface area contributed by atoms with E-state index in [4.69, 9.17) is 4.74 Å². The Hall–Kier alpha value is -3.74. The highest BCUT2D eigenvalue weighted by atomic mass is 16.5. The van der Waals surface area contributed by atoms with E-state index in [1.54, 1.807) is 12.0 Å².